The normalized spacial score (nSPS) is 15.4. The second-order valence-electron chi connectivity index (χ2n) is 3.62. The van der Waals surface area contributed by atoms with Crippen LogP contribution < -0.4 is 5.32 Å². The number of hydrogen-bond donors (Lipinski definition) is 1. The zero-order chi connectivity index (χ0) is 9.80. The van der Waals surface area contributed by atoms with Gasteiger partial charge in [-0.1, -0.05) is 11.6 Å². The van der Waals surface area contributed by atoms with Gasteiger partial charge in [-0.25, -0.2) is 4.39 Å². The van der Waals surface area contributed by atoms with Crippen LogP contribution >= 0.6 is 0 Å². The Balaban J connectivity index is 1.88. The Morgan fingerprint density at radius 2 is 2.00 bits per heavy atom. The van der Waals surface area contributed by atoms with Crippen LogP contribution in [0.5, 0.6) is 0 Å². The SMILES string of the molecule is Fc1ccc(NCC2=CCCC2)cc1. The number of allylic oxidation sites excluding steroid dienone is 1. The topological polar surface area (TPSA) is 12.0 Å². The Hall–Kier alpha value is -1.31. The standard InChI is InChI=1S/C12H14FN/c13-11-5-7-12(8-6-11)14-9-10-3-1-2-4-10/h3,5-8,14H,1-2,4,9H2. The van der Waals surface area contributed by atoms with Gasteiger partial charge in [-0.2, -0.15) is 0 Å². The number of anilines is 1. The second-order valence-corrected chi connectivity index (χ2v) is 3.62. The fourth-order valence-electron chi connectivity index (χ4n) is 1.68. The van der Waals surface area contributed by atoms with Crippen molar-refractivity contribution in [1.29, 1.82) is 0 Å². The molecule has 0 saturated heterocycles. The summed E-state index contributed by atoms with van der Waals surface area (Å²) >= 11 is 0. The van der Waals surface area contributed by atoms with Crippen molar-refractivity contribution in [1.82, 2.24) is 0 Å². The highest BCUT2D eigenvalue weighted by Crippen LogP contribution is 2.18. The van der Waals surface area contributed by atoms with Gasteiger partial charge in [0.05, 0.1) is 0 Å². The monoisotopic (exact) mass is 191 g/mol. The first-order chi connectivity index (χ1) is 6.84. The van der Waals surface area contributed by atoms with Crippen LogP contribution in [-0.2, 0) is 0 Å². The van der Waals surface area contributed by atoms with E-state index in [4.69, 9.17) is 0 Å². The fraction of sp³-hybridized carbons (Fsp3) is 0.333. The molecule has 1 nitrogen and oxygen atoms in total. The van der Waals surface area contributed by atoms with Crippen molar-refractivity contribution in [3.63, 3.8) is 0 Å². The van der Waals surface area contributed by atoms with E-state index in [0.717, 1.165) is 12.2 Å². The van der Waals surface area contributed by atoms with Gasteiger partial charge in [0.25, 0.3) is 0 Å². The lowest BCUT2D eigenvalue weighted by atomic mass is 10.2. The average molecular weight is 191 g/mol. The summed E-state index contributed by atoms with van der Waals surface area (Å²) in [5.41, 5.74) is 2.45. The van der Waals surface area contributed by atoms with Crippen molar-refractivity contribution in [2.24, 2.45) is 0 Å². The first-order valence-electron chi connectivity index (χ1n) is 5.02. The van der Waals surface area contributed by atoms with Gasteiger partial charge in [0.2, 0.25) is 0 Å². The minimum absolute atomic E-state index is 0.185. The van der Waals surface area contributed by atoms with Gasteiger partial charge in [0.1, 0.15) is 5.82 Å². The second kappa shape index (κ2) is 4.27. The van der Waals surface area contributed by atoms with Crippen LogP contribution in [0.25, 0.3) is 0 Å². The third kappa shape index (κ3) is 2.34. The summed E-state index contributed by atoms with van der Waals surface area (Å²) in [5.74, 6) is -0.185. The van der Waals surface area contributed by atoms with E-state index in [9.17, 15) is 4.39 Å². The lowest BCUT2D eigenvalue weighted by Gasteiger charge is -2.06. The van der Waals surface area contributed by atoms with Gasteiger partial charge in [0, 0.05) is 12.2 Å². The quantitative estimate of drug-likeness (QED) is 0.722. The first kappa shape index (κ1) is 9.25. The minimum atomic E-state index is -0.185. The summed E-state index contributed by atoms with van der Waals surface area (Å²) in [5, 5.41) is 3.28. The molecule has 0 saturated carbocycles. The summed E-state index contributed by atoms with van der Waals surface area (Å²) in [6.07, 6.45) is 5.98. The van der Waals surface area contributed by atoms with E-state index >= 15 is 0 Å². The van der Waals surface area contributed by atoms with Crippen LogP contribution in [0.2, 0.25) is 0 Å². The molecular formula is C12H14FN. The summed E-state index contributed by atoms with van der Waals surface area (Å²) in [4.78, 5) is 0. The molecule has 0 aromatic heterocycles. The molecule has 0 atom stereocenters. The van der Waals surface area contributed by atoms with Crippen molar-refractivity contribution in [2.45, 2.75) is 19.3 Å². The molecule has 14 heavy (non-hydrogen) atoms. The largest absolute Gasteiger partial charge is 0.381 e. The predicted octanol–water partition coefficient (Wildman–Crippen LogP) is 3.35. The van der Waals surface area contributed by atoms with Crippen LogP contribution in [0.4, 0.5) is 10.1 Å². The highest BCUT2D eigenvalue weighted by molar-refractivity contribution is 5.44. The van der Waals surface area contributed by atoms with Crippen molar-refractivity contribution in [3.05, 3.63) is 41.7 Å². The van der Waals surface area contributed by atoms with Gasteiger partial charge >= 0.3 is 0 Å². The summed E-state index contributed by atoms with van der Waals surface area (Å²) in [6, 6.07) is 6.49. The van der Waals surface area contributed by atoms with Gasteiger partial charge < -0.3 is 5.32 Å². The van der Waals surface area contributed by atoms with E-state index in [1.807, 2.05) is 0 Å². The van der Waals surface area contributed by atoms with Crippen LogP contribution in [0.3, 0.4) is 0 Å². The molecule has 1 aromatic carbocycles. The van der Waals surface area contributed by atoms with Gasteiger partial charge in [-0.3, -0.25) is 0 Å². The molecule has 0 fully saturated rings. The van der Waals surface area contributed by atoms with Crippen molar-refractivity contribution >= 4 is 5.69 Å². The van der Waals surface area contributed by atoms with E-state index in [0.29, 0.717) is 0 Å². The number of hydrogen-bond acceptors (Lipinski definition) is 1. The fourth-order valence-corrected chi connectivity index (χ4v) is 1.68. The smallest absolute Gasteiger partial charge is 0.123 e. The first-order valence-corrected chi connectivity index (χ1v) is 5.02. The van der Waals surface area contributed by atoms with Gasteiger partial charge in [-0.05, 0) is 43.5 Å². The predicted molar refractivity (Wildman–Crippen MR) is 56.8 cm³/mol. The third-order valence-electron chi connectivity index (χ3n) is 2.50. The zero-order valence-electron chi connectivity index (χ0n) is 8.09. The van der Waals surface area contributed by atoms with Gasteiger partial charge in [0.15, 0.2) is 0 Å². The Labute approximate surface area is 83.6 Å². The van der Waals surface area contributed by atoms with Crippen molar-refractivity contribution in [2.75, 3.05) is 11.9 Å². The molecule has 2 rings (SSSR count). The maximum Gasteiger partial charge on any atom is 0.123 e. The lowest BCUT2D eigenvalue weighted by Crippen LogP contribution is -2.02. The van der Waals surface area contributed by atoms with E-state index in [1.165, 1.54) is 37.0 Å². The molecule has 1 aliphatic carbocycles. The van der Waals surface area contributed by atoms with Crippen molar-refractivity contribution < 1.29 is 4.39 Å². The molecule has 0 radical (unpaired) electrons. The molecule has 2 heteroatoms. The third-order valence-corrected chi connectivity index (χ3v) is 2.50. The molecule has 0 unspecified atom stereocenters. The zero-order valence-corrected chi connectivity index (χ0v) is 8.09. The number of benzene rings is 1. The highest BCUT2D eigenvalue weighted by atomic mass is 19.1. The molecule has 0 spiro atoms. The maximum absolute atomic E-state index is 12.6. The van der Waals surface area contributed by atoms with E-state index in [-0.39, 0.29) is 5.82 Å². The molecule has 1 aliphatic rings. The van der Waals surface area contributed by atoms with Gasteiger partial charge in [-0.15, -0.1) is 0 Å². The molecule has 0 bridgehead atoms. The number of rotatable bonds is 3. The Morgan fingerprint density at radius 3 is 2.64 bits per heavy atom. The molecular weight excluding hydrogens is 177 g/mol. The highest BCUT2D eigenvalue weighted by Gasteiger charge is 2.03. The summed E-state index contributed by atoms with van der Waals surface area (Å²) < 4.78 is 12.6. The Bertz CT molecular complexity index is 327. The van der Waals surface area contributed by atoms with E-state index < -0.39 is 0 Å². The Morgan fingerprint density at radius 1 is 1.21 bits per heavy atom. The lowest BCUT2D eigenvalue weighted by molar-refractivity contribution is 0.628. The minimum Gasteiger partial charge on any atom is -0.381 e. The molecule has 0 heterocycles. The van der Waals surface area contributed by atoms with Crippen LogP contribution in [0.15, 0.2) is 35.9 Å². The van der Waals surface area contributed by atoms with Crippen LogP contribution in [0.1, 0.15) is 19.3 Å². The molecule has 1 aromatic rings. The molecule has 0 amide bonds. The Kier molecular flexibility index (Phi) is 2.82. The maximum atomic E-state index is 12.6. The van der Waals surface area contributed by atoms with Crippen LogP contribution in [0, 0.1) is 5.82 Å². The van der Waals surface area contributed by atoms with Crippen molar-refractivity contribution in [3.8, 4) is 0 Å². The number of halogens is 1. The summed E-state index contributed by atoms with van der Waals surface area (Å²) in [6.45, 7) is 0.894. The van der Waals surface area contributed by atoms with E-state index in [1.54, 1.807) is 12.1 Å². The van der Waals surface area contributed by atoms with Crippen LogP contribution in [-0.4, -0.2) is 6.54 Å². The number of nitrogens with one attached hydrogen (secondary N) is 1. The summed E-state index contributed by atoms with van der Waals surface area (Å²) in [7, 11) is 0. The average Bonchev–Trinajstić information content (AvgIpc) is 2.70. The molecule has 1 N–H and O–H groups in total. The molecule has 0 aliphatic heterocycles. The molecule has 74 valence electrons. The van der Waals surface area contributed by atoms with E-state index in [2.05, 4.69) is 11.4 Å².